The zero-order chi connectivity index (χ0) is 14.7. The van der Waals surface area contributed by atoms with Crippen molar-refractivity contribution in [2.45, 2.75) is 32.0 Å². The molecule has 1 aliphatic rings. The minimum absolute atomic E-state index is 0.571. The van der Waals surface area contributed by atoms with E-state index in [1.165, 1.54) is 12.8 Å². The molecular weight excluding hydrogens is 270 g/mol. The third-order valence-electron chi connectivity index (χ3n) is 3.55. The molecule has 0 bridgehead atoms. The van der Waals surface area contributed by atoms with Gasteiger partial charge in [0.15, 0.2) is 5.82 Å². The van der Waals surface area contributed by atoms with E-state index in [1.807, 2.05) is 18.2 Å². The molecule has 0 aliphatic heterocycles. The summed E-state index contributed by atoms with van der Waals surface area (Å²) in [5.74, 6) is 2.37. The van der Waals surface area contributed by atoms with Gasteiger partial charge in [0.25, 0.3) is 0 Å². The summed E-state index contributed by atoms with van der Waals surface area (Å²) >= 11 is 0. The SMILES string of the molecule is COc1ccc(Cn2nnnc2CNC2CC2)c(OC)c1. The van der Waals surface area contributed by atoms with Gasteiger partial charge in [0, 0.05) is 17.7 Å². The lowest BCUT2D eigenvalue weighted by atomic mass is 10.2. The maximum absolute atomic E-state index is 5.41. The minimum atomic E-state index is 0.571. The van der Waals surface area contributed by atoms with E-state index in [2.05, 4.69) is 20.8 Å². The highest BCUT2D eigenvalue weighted by atomic mass is 16.5. The topological polar surface area (TPSA) is 74.1 Å². The summed E-state index contributed by atoms with van der Waals surface area (Å²) in [5, 5.41) is 15.3. The first-order chi connectivity index (χ1) is 10.3. The van der Waals surface area contributed by atoms with Crippen LogP contribution in [-0.2, 0) is 13.1 Å². The number of methoxy groups -OCH3 is 2. The van der Waals surface area contributed by atoms with Crippen LogP contribution in [0.1, 0.15) is 24.2 Å². The monoisotopic (exact) mass is 289 g/mol. The van der Waals surface area contributed by atoms with Gasteiger partial charge in [0.1, 0.15) is 11.5 Å². The van der Waals surface area contributed by atoms with Crippen molar-refractivity contribution in [3.8, 4) is 11.5 Å². The molecular formula is C14H19N5O2. The summed E-state index contributed by atoms with van der Waals surface area (Å²) in [6.07, 6.45) is 2.49. The standard InChI is InChI=1S/C14H19N5O2/c1-20-12-6-3-10(13(7-12)21-2)9-19-14(16-17-18-19)8-15-11-4-5-11/h3,6-7,11,15H,4-5,8-9H2,1-2H3. The van der Waals surface area contributed by atoms with Crippen LogP contribution in [0.3, 0.4) is 0 Å². The predicted molar refractivity (Wildman–Crippen MR) is 76.3 cm³/mol. The Hall–Kier alpha value is -2.15. The van der Waals surface area contributed by atoms with Crippen LogP contribution >= 0.6 is 0 Å². The van der Waals surface area contributed by atoms with Crippen LogP contribution in [-0.4, -0.2) is 40.5 Å². The first-order valence-corrected chi connectivity index (χ1v) is 6.99. The van der Waals surface area contributed by atoms with Crippen LogP contribution in [0.4, 0.5) is 0 Å². The fraction of sp³-hybridized carbons (Fsp3) is 0.500. The van der Waals surface area contributed by atoms with E-state index in [1.54, 1.807) is 18.9 Å². The van der Waals surface area contributed by atoms with Crippen molar-refractivity contribution in [3.05, 3.63) is 29.6 Å². The van der Waals surface area contributed by atoms with Crippen LogP contribution < -0.4 is 14.8 Å². The van der Waals surface area contributed by atoms with Crippen LogP contribution in [0.15, 0.2) is 18.2 Å². The van der Waals surface area contributed by atoms with Gasteiger partial charge in [0.2, 0.25) is 0 Å². The molecule has 1 heterocycles. The molecule has 7 nitrogen and oxygen atoms in total. The molecule has 1 N–H and O–H groups in total. The number of benzene rings is 1. The van der Waals surface area contributed by atoms with Crippen molar-refractivity contribution in [2.75, 3.05) is 14.2 Å². The molecule has 1 aliphatic carbocycles. The number of aromatic nitrogens is 4. The lowest BCUT2D eigenvalue weighted by Gasteiger charge is -2.11. The third kappa shape index (κ3) is 3.30. The molecule has 112 valence electrons. The summed E-state index contributed by atoms with van der Waals surface area (Å²) in [5.41, 5.74) is 1.01. The fourth-order valence-electron chi connectivity index (χ4n) is 2.14. The Balaban J connectivity index is 1.74. The van der Waals surface area contributed by atoms with Crippen molar-refractivity contribution in [2.24, 2.45) is 0 Å². The van der Waals surface area contributed by atoms with Gasteiger partial charge >= 0.3 is 0 Å². The van der Waals surface area contributed by atoms with Crippen molar-refractivity contribution in [1.82, 2.24) is 25.5 Å². The Morgan fingerprint density at radius 1 is 1.29 bits per heavy atom. The van der Waals surface area contributed by atoms with Crippen molar-refractivity contribution < 1.29 is 9.47 Å². The van der Waals surface area contributed by atoms with E-state index in [0.29, 0.717) is 19.1 Å². The lowest BCUT2D eigenvalue weighted by molar-refractivity contribution is 0.389. The van der Waals surface area contributed by atoms with E-state index in [9.17, 15) is 0 Å². The van der Waals surface area contributed by atoms with E-state index in [4.69, 9.17) is 9.47 Å². The number of hydrogen-bond acceptors (Lipinski definition) is 6. The number of hydrogen-bond donors (Lipinski definition) is 1. The van der Waals surface area contributed by atoms with E-state index >= 15 is 0 Å². The molecule has 2 aromatic rings. The van der Waals surface area contributed by atoms with Crippen molar-refractivity contribution in [3.63, 3.8) is 0 Å². The number of tetrazole rings is 1. The summed E-state index contributed by atoms with van der Waals surface area (Å²) in [6, 6.07) is 6.37. The van der Waals surface area contributed by atoms with Gasteiger partial charge in [-0.25, -0.2) is 4.68 Å². The Morgan fingerprint density at radius 2 is 2.14 bits per heavy atom. The summed E-state index contributed by atoms with van der Waals surface area (Å²) in [6.45, 7) is 1.26. The zero-order valence-electron chi connectivity index (χ0n) is 12.2. The van der Waals surface area contributed by atoms with Gasteiger partial charge in [-0.3, -0.25) is 0 Å². The van der Waals surface area contributed by atoms with Gasteiger partial charge in [-0.2, -0.15) is 0 Å². The molecule has 7 heteroatoms. The fourth-order valence-corrected chi connectivity index (χ4v) is 2.14. The van der Waals surface area contributed by atoms with Crippen molar-refractivity contribution in [1.29, 1.82) is 0 Å². The molecule has 0 radical (unpaired) electrons. The maximum Gasteiger partial charge on any atom is 0.165 e. The van der Waals surface area contributed by atoms with Crippen LogP contribution in [0.2, 0.25) is 0 Å². The summed E-state index contributed by atoms with van der Waals surface area (Å²) in [7, 11) is 3.28. The van der Waals surface area contributed by atoms with Gasteiger partial charge in [-0.15, -0.1) is 5.10 Å². The Kier molecular flexibility index (Phi) is 4.01. The average molecular weight is 289 g/mol. The maximum atomic E-state index is 5.41. The van der Waals surface area contributed by atoms with Gasteiger partial charge in [-0.1, -0.05) is 0 Å². The predicted octanol–water partition coefficient (Wildman–Crippen LogP) is 0.991. The zero-order valence-corrected chi connectivity index (χ0v) is 12.2. The molecule has 3 rings (SSSR count). The molecule has 1 fully saturated rings. The molecule has 0 saturated heterocycles. The molecule has 0 unspecified atom stereocenters. The smallest absolute Gasteiger partial charge is 0.165 e. The molecule has 0 atom stereocenters. The summed E-state index contributed by atoms with van der Waals surface area (Å²) < 4.78 is 12.4. The van der Waals surface area contributed by atoms with Crippen molar-refractivity contribution >= 4 is 0 Å². The molecule has 1 aromatic heterocycles. The van der Waals surface area contributed by atoms with Gasteiger partial charge in [0.05, 0.1) is 27.3 Å². The van der Waals surface area contributed by atoms with Crippen LogP contribution in [0.5, 0.6) is 11.5 Å². The second-order valence-electron chi connectivity index (χ2n) is 5.09. The second kappa shape index (κ2) is 6.09. The first kappa shape index (κ1) is 13.8. The first-order valence-electron chi connectivity index (χ1n) is 6.99. The van der Waals surface area contributed by atoms with Gasteiger partial charge in [-0.05, 0) is 35.4 Å². The third-order valence-corrected chi connectivity index (χ3v) is 3.55. The summed E-state index contributed by atoms with van der Waals surface area (Å²) in [4.78, 5) is 0. The van der Waals surface area contributed by atoms with E-state index in [0.717, 1.165) is 22.9 Å². The molecule has 0 amide bonds. The van der Waals surface area contributed by atoms with Crippen LogP contribution in [0.25, 0.3) is 0 Å². The second-order valence-corrected chi connectivity index (χ2v) is 5.09. The van der Waals surface area contributed by atoms with E-state index < -0.39 is 0 Å². The number of nitrogens with one attached hydrogen (secondary N) is 1. The Labute approximate surface area is 123 Å². The highest BCUT2D eigenvalue weighted by molar-refractivity contribution is 5.40. The Bertz CT molecular complexity index is 609. The highest BCUT2D eigenvalue weighted by Gasteiger charge is 2.21. The van der Waals surface area contributed by atoms with E-state index in [-0.39, 0.29) is 0 Å². The molecule has 1 saturated carbocycles. The highest BCUT2D eigenvalue weighted by Crippen LogP contribution is 2.25. The number of ether oxygens (including phenoxy) is 2. The number of rotatable bonds is 7. The largest absolute Gasteiger partial charge is 0.497 e. The minimum Gasteiger partial charge on any atom is -0.497 e. The molecule has 21 heavy (non-hydrogen) atoms. The van der Waals surface area contributed by atoms with Crippen LogP contribution in [0, 0.1) is 0 Å². The average Bonchev–Trinajstić information content (AvgIpc) is 3.25. The lowest BCUT2D eigenvalue weighted by Crippen LogP contribution is -2.19. The Morgan fingerprint density at radius 3 is 2.86 bits per heavy atom. The van der Waals surface area contributed by atoms with Gasteiger partial charge < -0.3 is 14.8 Å². The molecule has 1 aromatic carbocycles. The number of nitrogens with zero attached hydrogens (tertiary/aromatic N) is 4. The molecule has 0 spiro atoms. The normalized spacial score (nSPS) is 14.2. The quantitative estimate of drug-likeness (QED) is 0.819.